The Hall–Kier alpha value is -2.08. The zero-order valence-corrected chi connectivity index (χ0v) is 13.7. The van der Waals surface area contributed by atoms with Crippen molar-refractivity contribution >= 4 is 28.6 Å². The Labute approximate surface area is 142 Å². The van der Waals surface area contributed by atoms with Gasteiger partial charge in [-0.2, -0.15) is 0 Å². The number of hydrogen-bond donors (Lipinski definition) is 2. The van der Waals surface area contributed by atoms with Gasteiger partial charge in [0.2, 0.25) is 0 Å². The Bertz CT molecular complexity index is 865. The zero-order chi connectivity index (χ0) is 15.8. The molecule has 1 aromatic heterocycles. The number of hydrogen-bond acceptors (Lipinski definition) is 5. The fourth-order valence-corrected chi connectivity index (χ4v) is 3.68. The molecule has 0 fully saturated rings. The lowest BCUT2D eigenvalue weighted by atomic mass is 10.1. The molecule has 3 aromatic rings. The first kappa shape index (κ1) is 14.5. The minimum absolute atomic E-state index is 0.101. The second kappa shape index (κ2) is 5.85. The van der Waals surface area contributed by atoms with Gasteiger partial charge in [0, 0.05) is 22.5 Å². The number of anilines is 1. The smallest absolute Gasteiger partial charge is 0.150 e. The molecular formula is C17H14ClN3OS. The summed E-state index contributed by atoms with van der Waals surface area (Å²) in [7, 11) is 0. The molecule has 116 valence electrons. The summed E-state index contributed by atoms with van der Waals surface area (Å²) in [6, 6.07) is 13.4. The van der Waals surface area contributed by atoms with Gasteiger partial charge in [-0.1, -0.05) is 29.8 Å². The van der Waals surface area contributed by atoms with Crippen LogP contribution in [-0.4, -0.2) is 4.98 Å². The predicted octanol–water partition coefficient (Wildman–Crippen LogP) is 4.56. The van der Waals surface area contributed by atoms with Crippen molar-refractivity contribution in [1.29, 1.82) is 0 Å². The first-order valence-corrected chi connectivity index (χ1v) is 8.47. The number of nitrogens with one attached hydrogen (secondary N) is 1. The number of nitrogens with two attached hydrogens (primary N) is 1. The van der Waals surface area contributed by atoms with Crippen LogP contribution in [0, 0.1) is 0 Å². The van der Waals surface area contributed by atoms with Gasteiger partial charge < -0.3 is 15.8 Å². The number of rotatable bonds is 2. The molecule has 0 amide bonds. The molecule has 0 saturated heterocycles. The van der Waals surface area contributed by atoms with E-state index >= 15 is 0 Å². The molecule has 0 aliphatic carbocycles. The zero-order valence-electron chi connectivity index (χ0n) is 12.1. The summed E-state index contributed by atoms with van der Waals surface area (Å²) in [5.74, 6) is 1.57. The quantitative estimate of drug-likeness (QED) is 0.716. The number of fused-ring (bicyclic) bond motifs is 2. The molecule has 1 aliphatic rings. The van der Waals surface area contributed by atoms with Gasteiger partial charge in [-0.05, 0) is 24.3 Å². The van der Waals surface area contributed by atoms with E-state index in [-0.39, 0.29) is 6.04 Å². The maximum absolute atomic E-state index is 6.14. The van der Waals surface area contributed by atoms with Gasteiger partial charge in [-0.3, -0.25) is 0 Å². The van der Waals surface area contributed by atoms with Crippen molar-refractivity contribution in [3.63, 3.8) is 0 Å². The van der Waals surface area contributed by atoms with Crippen molar-refractivity contribution in [3.8, 4) is 11.5 Å². The second-order valence-electron chi connectivity index (χ2n) is 5.24. The summed E-state index contributed by atoms with van der Waals surface area (Å²) in [6.45, 7) is 0.434. The Morgan fingerprint density at radius 3 is 2.91 bits per heavy atom. The molecule has 23 heavy (non-hydrogen) atoms. The largest absolute Gasteiger partial charge is 0.455 e. The van der Waals surface area contributed by atoms with Crippen molar-refractivity contribution in [2.24, 2.45) is 5.73 Å². The molecule has 4 rings (SSSR count). The fourth-order valence-electron chi connectivity index (χ4n) is 2.61. The van der Waals surface area contributed by atoms with Gasteiger partial charge in [0.25, 0.3) is 0 Å². The molecule has 0 saturated carbocycles. The third kappa shape index (κ3) is 2.67. The fraction of sp³-hybridized carbons (Fsp3) is 0.118. The van der Waals surface area contributed by atoms with Crippen molar-refractivity contribution in [2.45, 2.75) is 12.6 Å². The van der Waals surface area contributed by atoms with Crippen LogP contribution in [-0.2, 0) is 6.54 Å². The molecule has 0 spiro atoms. The highest BCUT2D eigenvalue weighted by molar-refractivity contribution is 7.09. The number of halogens is 1. The minimum Gasteiger partial charge on any atom is -0.455 e. The first-order chi connectivity index (χ1) is 11.2. The molecule has 0 bridgehead atoms. The van der Waals surface area contributed by atoms with Gasteiger partial charge >= 0.3 is 0 Å². The SMILES string of the molecule is NCc1csc(C2Nc3cc(Cl)ccc3Oc3ccccc32)n1. The molecule has 2 heterocycles. The summed E-state index contributed by atoms with van der Waals surface area (Å²) >= 11 is 7.73. The van der Waals surface area contributed by atoms with E-state index in [2.05, 4.69) is 10.3 Å². The number of thiazole rings is 1. The second-order valence-corrected chi connectivity index (χ2v) is 6.57. The molecule has 1 unspecified atom stereocenters. The average Bonchev–Trinajstić information content (AvgIpc) is 2.98. The lowest BCUT2D eigenvalue weighted by molar-refractivity contribution is 0.483. The Balaban J connectivity index is 1.86. The Morgan fingerprint density at radius 2 is 2.09 bits per heavy atom. The number of aromatic nitrogens is 1. The predicted molar refractivity (Wildman–Crippen MR) is 93.4 cm³/mol. The van der Waals surface area contributed by atoms with Gasteiger partial charge in [-0.15, -0.1) is 11.3 Å². The van der Waals surface area contributed by atoms with Crippen LogP contribution in [0.4, 0.5) is 5.69 Å². The molecule has 0 radical (unpaired) electrons. The van der Waals surface area contributed by atoms with E-state index in [0.717, 1.165) is 33.5 Å². The maximum Gasteiger partial charge on any atom is 0.150 e. The minimum atomic E-state index is -0.101. The molecule has 6 heteroatoms. The number of nitrogens with zero attached hydrogens (tertiary/aromatic N) is 1. The highest BCUT2D eigenvalue weighted by atomic mass is 35.5. The highest BCUT2D eigenvalue weighted by Crippen LogP contribution is 2.43. The molecule has 3 N–H and O–H groups in total. The number of para-hydroxylation sites is 1. The van der Waals surface area contributed by atoms with Crippen LogP contribution in [0.2, 0.25) is 5.02 Å². The Morgan fingerprint density at radius 1 is 1.22 bits per heavy atom. The normalized spacial score (nSPS) is 15.8. The van der Waals surface area contributed by atoms with Crippen LogP contribution in [0.25, 0.3) is 0 Å². The monoisotopic (exact) mass is 343 g/mol. The number of benzene rings is 2. The van der Waals surface area contributed by atoms with Crippen molar-refractivity contribution < 1.29 is 4.74 Å². The summed E-state index contributed by atoms with van der Waals surface area (Å²) < 4.78 is 6.07. The van der Waals surface area contributed by atoms with E-state index in [1.807, 2.05) is 47.8 Å². The molecule has 2 aromatic carbocycles. The van der Waals surface area contributed by atoms with E-state index in [1.54, 1.807) is 11.3 Å². The third-order valence-corrected chi connectivity index (χ3v) is 4.91. The summed E-state index contributed by atoms with van der Waals surface area (Å²) in [4.78, 5) is 4.63. The average molecular weight is 344 g/mol. The van der Waals surface area contributed by atoms with E-state index in [1.165, 1.54) is 0 Å². The lowest BCUT2D eigenvalue weighted by Crippen LogP contribution is -2.11. The molecule has 4 nitrogen and oxygen atoms in total. The highest BCUT2D eigenvalue weighted by Gasteiger charge is 2.26. The summed E-state index contributed by atoms with van der Waals surface area (Å²) in [6.07, 6.45) is 0. The van der Waals surface area contributed by atoms with Crippen molar-refractivity contribution in [3.05, 3.63) is 69.1 Å². The molecular weight excluding hydrogens is 330 g/mol. The number of ether oxygens (including phenoxy) is 1. The van der Waals surface area contributed by atoms with Crippen LogP contribution in [0.15, 0.2) is 47.8 Å². The van der Waals surface area contributed by atoms with E-state index < -0.39 is 0 Å². The topological polar surface area (TPSA) is 60.2 Å². The van der Waals surface area contributed by atoms with Crippen molar-refractivity contribution in [2.75, 3.05) is 5.32 Å². The molecule has 1 atom stereocenters. The molecule has 1 aliphatic heterocycles. The Kier molecular flexibility index (Phi) is 3.69. The van der Waals surface area contributed by atoms with Gasteiger partial charge in [0.1, 0.15) is 16.8 Å². The van der Waals surface area contributed by atoms with Crippen LogP contribution < -0.4 is 15.8 Å². The van der Waals surface area contributed by atoms with Crippen LogP contribution in [0.5, 0.6) is 11.5 Å². The van der Waals surface area contributed by atoms with Gasteiger partial charge in [-0.25, -0.2) is 4.98 Å². The van der Waals surface area contributed by atoms with Crippen LogP contribution in [0.3, 0.4) is 0 Å². The maximum atomic E-state index is 6.14. The van der Waals surface area contributed by atoms with E-state index in [4.69, 9.17) is 22.1 Å². The van der Waals surface area contributed by atoms with Gasteiger partial charge in [0.15, 0.2) is 5.75 Å². The van der Waals surface area contributed by atoms with Crippen molar-refractivity contribution in [1.82, 2.24) is 4.98 Å². The van der Waals surface area contributed by atoms with Gasteiger partial charge in [0.05, 0.1) is 11.4 Å². The summed E-state index contributed by atoms with van der Waals surface area (Å²) in [5, 5.41) is 7.11. The first-order valence-electron chi connectivity index (χ1n) is 7.22. The van der Waals surface area contributed by atoms with Crippen LogP contribution in [0.1, 0.15) is 22.3 Å². The van der Waals surface area contributed by atoms with E-state index in [9.17, 15) is 0 Å². The standard InChI is InChI=1S/C17H14ClN3OS/c18-10-5-6-15-13(7-10)21-16(17-20-11(8-19)9-23-17)12-3-1-2-4-14(12)22-15/h1-7,9,16,21H,8,19H2. The lowest BCUT2D eigenvalue weighted by Gasteiger charge is -2.16. The van der Waals surface area contributed by atoms with Crippen LogP contribution >= 0.6 is 22.9 Å². The third-order valence-electron chi connectivity index (χ3n) is 3.72. The van der Waals surface area contributed by atoms with E-state index in [0.29, 0.717) is 11.6 Å². The summed E-state index contributed by atoms with van der Waals surface area (Å²) in [5.41, 5.74) is 8.48.